The Labute approximate surface area is 47.5 Å². The van der Waals surface area contributed by atoms with Crippen molar-refractivity contribution < 1.29 is 2.74 Å². The first-order valence-electron chi connectivity index (χ1n) is 3.22. The van der Waals surface area contributed by atoms with Gasteiger partial charge >= 0.3 is 0 Å². The Kier molecular flexibility index (Phi) is 2.68. The number of rotatable bonds is 4. The van der Waals surface area contributed by atoms with Gasteiger partial charge < -0.3 is 5.32 Å². The molecule has 2 unspecified atom stereocenters. The van der Waals surface area contributed by atoms with E-state index in [1.807, 2.05) is 0 Å². The molecule has 40 valence electrons. The third kappa shape index (κ3) is 5.44. The fraction of sp³-hybridized carbons (Fsp3) is 0.333. The molecule has 0 saturated carbocycles. The molecule has 0 aliphatic carbocycles. The van der Waals surface area contributed by atoms with Gasteiger partial charge in [0, 0.05) is 15.8 Å². The van der Waals surface area contributed by atoms with Gasteiger partial charge in [0.25, 0.3) is 0 Å². The Morgan fingerprint density at radius 3 is 2.14 bits per heavy atom. The lowest BCUT2D eigenvalue weighted by Crippen LogP contribution is -2.11. The van der Waals surface area contributed by atoms with Crippen LogP contribution in [0.25, 0.3) is 0 Å². The monoisotopic (exact) mass is 99.1 g/mol. The molecule has 0 aliphatic rings. The first kappa shape index (κ1) is 3.44. The number of hydrogen-bond donors (Lipinski definition) is 1. The van der Waals surface area contributed by atoms with Crippen molar-refractivity contribution in [2.75, 3.05) is 13.0 Å². The minimum Gasteiger partial charge on any atom is -0.310 e. The van der Waals surface area contributed by atoms with E-state index in [1.165, 1.54) is 12.2 Å². The molecule has 0 amide bonds. The van der Waals surface area contributed by atoms with Crippen molar-refractivity contribution in [2.24, 2.45) is 0 Å². The van der Waals surface area contributed by atoms with E-state index < -0.39 is 13.0 Å². The summed E-state index contributed by atoms with van der Waals surface area (Å²) in [5, 5.41) is 2.58. The van der Waals surface area contributed by atoms with Gasteiger partial charge in [0.2, 0.25) is 0 Å². The summed E-state index contributed by atoms with van der Waals surface area (Å²) in [6, 6.07) is 0. The molecule has 0 aliphatic heterocycles. The second kappa shape index (κ2) is 5.44. The van der Waals surface area contributed by atoms with E-state index in [9.17, 15) is 0 Å². The third-order valence-electron chi connectivity index (χ3n) is 0.428. The summed E-state index contributed by atoms with van der Waals surface area (Å²) in [5.41, 5.74) is 0. The quantitative estimate of drug-likeness (QED) is 0.517. The molecule has 1 N–H and O–H groups in total. The minimum absolute atomic E-state index is 0.564. The van der Waals surface area contributed by atoms with E-state index >= 15 is 0 Å². The highest BCUT2D eigenvalue weighted by Gasteiger charge is 1.69. The van der Waals surface area contributed by atoms with E-state index in [0.717, 1.165) is 0 Å². The van der Waals surface area contributed by atoms with Crippen LogP contribution in [0.5, 0.6) is 0 Å². The number of nitrogens with one attached hydrogen (secondary N) is 1. The normalized spacial score (nSPS) is 21.1. The van der Waals surface area contributed by atoms with Crippen LogP contribution in [-0.4, -0.2) is 13.0 Å². The van der Waals surface area contributed by atoms with Crippen molar-refractivity contribution in [3.05, 3.63) is 25.3 Å². The molecule has 1 nitrogen and oxygen atoms in total. The van der Waals surface area contributed by atoms with Crippen LogP contribution in [0.2, 0.25) is 0 Å². The van der Waals surface area contributed by atoms with Gasteiger partial charge in [0.15, 0.2) is 0 Å². The van der Waals surface area contributed by atoms with E-state index in [1.54, 1.807) is 0 Å². The fourth-order valence-corrected chi connectivity index (χ4v) is 0.192. The van der Waals surface area contributed by atoms with Gasteiger partial charge in [-0.05, 0) is 0 Å². The maximum Gasteiger partial charge on any atom is 0.0473 e. The van der Waals surface area contributed by atoms with Crippen LogP contribution in [0.3, 0.4) is 0 Å². The molecular formula is C6H11N. The van der Waals surface area contributed by atoms with Gasteiger partial charge in [-0.15, -0.1) is 13.2 Å². The van der Waals surface area contributed by atoms with Gasteiger partial charge in [-0.25, -0.2) is 0 Å². The summed E-state index contributed by atoms with van der Waals surface area (Å²) in [4.78, 5) is 0. The van der Waals surface area contributed by atoms with Crippen molar-refractivity contribution in [2.45, 2.75) is 0 Å². The van der Waals surface area contributed by atoms with Gasteiger partial charge in [-0.1, -0.05) is 12.2 Å². The predicted octanol–water partition coefficient (Wildman–Crippen LogP) is 0.948. The van der Waals surface area contributed by atoms with Crippen LogP contribution in [0.1, 0.15) is 2.74 Å². The highest BCUT2D eigenvalue weighted by molar-refractivity contribution is 4.75. The molecule has 1 heteroatoms. The molecule has 0 aromatic heterocycles. The standard InChI is InChI=1S/C6H11N/c1-3-5-7-6-4-2/h3-4,7H,1-2,5-6H2/i5D,6D. The zero-order valence-electron chi connectivity index (χ0n) is 6.22. The highest BCUT2D eigenvalue weighted by atomic mass is 14.8. The van der Waals surface area contributed by atoms with E-state index in [2.05, 4.69) is 18.5 Å². The van der Waals surface area contributed by atoms with Gasteiger partial charge in [0.1, 0.15) is 0 Å². The van der Waals surface area contributed by atoms with Crippen molar-refractivity contribution in [3.8, 4) is 0 Å². The average molecular weight is 99.2 g/mol. The number of hydrogen-bond acceptors (Lipinski definition) is 1. The van der Waals surface area contributed by atoms with E-state index in [0.29, 0.717) is 0 Å². The Morgan fingerprint density at radius 1 is 1.43 bits per heavy atom. The molecule has 7 heavy (non-hydrogen) atoms. The zero-order chi connectivity index (χ0) is 7.28. The zero-order valence-corrected chi connectivity index (χ0v) is 4.22. The van der Waals surface area contributed by atoms with Crippen molar-refractivity contribution in [1.82, 2.24) is 5.32 Å². The van der Waals surface area contributed by atoms with E-state index in [4.69, 9.17) is 2.74 Å². The Balaban J connectivity index is 3.45. The smallest absolute Gasteiger partial charge is 0.0473 e. The summed E-state index contributed by atoms with van der Waals surface area (Å²) in [6.45, 7) is 5.63. The molecule has 0 aromatic rings. The predicted molar refractivity (Wildman–Crippen MR) is 33.3 cm³/mol. The lowest BCUT2D eigenvalue weighted by molar-refractivity contribution is 0.845. The van der Waals surface area contributed by atoms with Crippen molar-refractivity contribution >= 4 is 0 Å². The summed E-state index contributed by atoms with van der Waals surface area (Å²) in [6.07, 6.45) is 2.84. The summed E-state index contributed by atoms with van der Waals surface area (Å²) >= 11 is 0. The first-order valence-corrected chi connectivity index (χ1v) is 2.06. The van der Waals surface area contributed by atoms with Gasteiger partial charge in [-0.3, -0.25) is 0 Å². The molecule has 0 bridgehead atoms. The lowest BCUT2D eigenvalue weighted by Gasteiger charge is -1.90. The fourth-order valence-electron chi connectivity index (χ4n) is 0.192. The topological polar surface area (TPSA) is 12.0 Å². The average Bonchev–Trinajstić information content (AvgIpc) is 1.87. The Hall–Kier alpha value is -0.560. The first-order chi connectivity index (χ1) is 4.20. The Morgan fingerprint density at radius 2 is 1.86 bits per heavy atom. The SMILES string of the molecule is [2H]C(C=C)NC([2H])C=C. The molecule has 0 radical (unpaired) electrons. The summed E-state index contributed by atoms with van der Waals surface area (Å²) in [7, 11) is 0. The minimum atomic E-state index is -0.564. The largest absolute Gasteiger partial charge is 0.310 e. The maximum atomic E-state index is 7.06. The molecule has 0 aromatic carbocycles. The third-order valence-corrected chi connectivity index (χ3v) is 0.428. The van der Waals surface area contributed by atoms with Crippen molar-refractivity contribution in [3.63, 3.8) is 0 Å². The molecule has 0 fully saturated rings. The van der Waals surface area contributed by atoms with Crippen LogP contribution in [0.4, 0.5) is 0 Å². The van der Waals surface area contributed by atoms with Crippen molar-refractivity contribution in [1.29, 1.82) is 0 Å². The summed E-state index contributed by atoms with van der Waals surface area (Å²) < 4.78 is 14.1. The second-order valence-corrected chi connectivity index (χ2v) is 0.971. The maximum absolute atomic E-state index is 7.06. The second-order valence-electron chi connectivity index (χ2n) is 0.971. The van der Waals surface area contributed by atoms with Crippen LogP contribution >= 0.6 is 0 Å². The molecular weight excluding hydrogens is 86.1 g/mol. The van der Waals surface area contributed by atoms with Gasteiger partial charge in [-0.2, -0.15) is 0 Å². The summed E-state index contributed by atoms with van der Waals surface area (Å²) in [5.74, 6) is 0. The molecule has 0 rings (SSSR count). The molecule has 0 spiro atoms. The molecule has 0 heterocycles. The van der Waals surface area contributed by atoms with Crippen LogP contribution in [-0.2, 0) is 0 Å². The molecule has 2 atom stereocenters. The van der Waals surface area contributed by atoms with Crippen LogP contribution in [0.15, 0.2) is 25.3 Å². The lowest BCUT2D eigenvalue weighted by atomic mass is 10.5. The van der Waals surface area contributed by atoms with E-state index in [-0.39, 0.29) is 0 Å². The van der Waals surface area contributed by atoms with Gasteiger partial charge in [0.05, 0.1) is 0 Å². The van der Waals surface area contributed by atoms with Crippen LogP contribution in [0, 0.1) is 0 Å². The molecule has 0 saturated heterocycles. The highest BCUT2D eigenvalue weighted by Crippen LogP contribution is 1.59. The Bertz CT molecular complexity index is 91.2. The van der Waals surface area contributed by atoms with Crippen LogP contribution < -0.4 is 5.32 Å².